The van der Waals surface area contributed by atoms with Gasteiger partial charge in [-0.1, -0.05) is 26.2 Å². The van der Waals surface area contributed by atoms with Crippen molar-refractivity contribution in [2.75, 3.05) is 12.4 Å². The molecule has 4 unspecified atom stereocenters. The first-order valence-corrected chi connectivity index (χ1v) is 16.7. The molecular weight excluding hydrogens is 610 g/mol. The monoisotopic (exact) mass is 659 g/mol. The van der Waals surface area contributed by atoms with Crippen LogP contribution in [-0.2, 0) is 25.7 Å². The molecular formula is C32H49N7O6S. The van der Waals surface area contributed by atoms with Crippen LogP contribution >= 0.6 is 11.3 Å². The van der Waals surface area contributed by atoms with Crippen LogP contribution in [0, 0.1) is 24.7 Å². The predicted molar refractivity (Wildman–Crippen MR) is 181 cm³/mol. The van der Waals surface area contributed by atoms with Crippen LogP contribution in [0.25, 0.3) is 4.96 Å². The van der Waals surface area contributed by atoms with Gasteiger partial charge in [0.15, 0.2) is 4.96 Å². The largest absolute Gasteiger partial charge is 0.353 e. The first kappa shape index (κ1) is 33.0. The molecule has 0 aliphatic heterocycles. The molecule has 14 heteroatoms. The molecule has 0 aromatic carbocycles. The number of likely N-dealkylation sites (N-methyl/N-ethyl adjacent to an activating group) is 1. The summed E-state index contributed by atoms with van der Waals surface area (Å²) in [5.41, 5.74) is 0.0115. The number of nitrogens with one attached hydrogen (secondary N) is 4. The van der Waals surface area contributed by atoms with Gasteiger partial charge in [0.1, 0.15) is 24.0 Å². The van der Waals surface area contributed by atoms with Crippen LogP contribution < -0.4 is 26.8 Å². The summed E-state index contributed by atoms with van der Waals surface area (Å²) in [6.45, 7) is 3.62. The molecule has 2 aliphatic carbocycles. The van der Waals surface area contributed by atoms with E-state index in [2.05, 4.69) is 33.2 Å². The molecule has 2 fully saturated rings. The number of hydrogen-bond acceptors (Lipinski definition) is 8. The van der Waals surface area contributed by atoms with Gasteiger partial charge in [-0.2, -0.15) is 0 Å². The third-order valence-corrected chi connectivity index (χ3v) is 10.1. The number of carbonyl (C=O) groups is 5. The topological polar surface area (TPSA) is 173 Å². The normalized spacial score (nSPS) is 21.3. The Bertz CT molecular complexity index is 1710. The van der Waals surface area contributed by atoms with Crippen LogP contribution in [0.2, 0.25) is 0 Å². The van der Waals surface area contributed by atoms with Crippen molar-refractivity contribution in [2.45, 2.75) is 83.8 Å². The van der Waals surface area contributed by atoms with Crippen LogP contribution in [0.5, 0.6) is 0 Å². The number of ketones is 1. The maximum atomic E-state index is 13.5. The number of thiazole rings is 1. The lowest BCUT2D eigenvalue weighted by molar-refractivity contribution is -0.137. The first-order chi connectivity index (χ1) is 22.1. The SMILES string of the molecule is CCC1CC2CCCC(C2)C1NC(=O)Cn1cccc(NC(=O)[C@H](CCC(=O)C(=O)NC)NC(=O)c2c(C)nc3sccn23)c1=O.[HH].[HH].[HH].[HH]. The van der Waals surface area contributed by atoms with Gasteiger partial charge in [-0.15, -0.1) is 11.3 Å². The van der Waals surface area contributed by atoms with Gasteiger partial charge in [-0.05, 0) is 62.5 Å². The van der Waals surface area contributed by atoms with E-state index in [1.54, 1.807) is 29.0 Å². The third kappa shape index (κ3) is 7.22. The summed E-state index contributed by atoms with van der Waals surface area (Å²) in [5, 5.41) is 12.5. The smallest absolute Gasteiger partial charge is 0.287 e. The molecule has 2 aliphatic rings. The van der Waals surface area contributed by atoms with Crippen molar-refractivity contribution in [2.24, 2.45) is 17.8 Å². The van der Waals surface area contributed by atoms with E-state index in [9.17, 15) is 28.8 Å². The summed E-state index contributed by atoms with van der Waals surface area (Å²) >= 11 is 1.35. The number of anilines is 1. The summed E-state index contributed by atoms with van der Waals surface area (Å²) in [6.07, 6.45) is 9.44. The molecule has 2 bridgehead atoms. The van der Waals surface area contributed by atoms with Gasteiger partial charge in [0, 0.05) is 43.0 Å². The van der Waals surface area contributed by atoms with E-state index in [0.717, 1.165) is 31.6 Å². The Morgan fingerprint density at radius 2 is 1.96 bits per heavy atom. The van der Waals surface area contributed by atoms with E-state index in [-0.39, 0.29) is 48.4 Å². The highest BCUT2D eigenvalue weighted by molar-refractivity contribution is 7.15. The average molecular weight is 660 g/mol. The van der Waals surface area contributed by atoms with Crippen LogP contribution in [-0.4, -0.2) is 62.5 Å². The van der Waals surface area contributed by atoms with Crippen LogP contribution in [0.1, 0.15) is 80.2 Å². The van der Waals surface area contributed by atoms with Crippen molar-refractivity contribution in [3.05, 3.63) is 51.6 Å². The Morgan fingerprint density at radius 3 is 2.72 bits per heavy atom. The van der Waals surface area contributed by atoms with E-state index in [1.165, 1.54) is 48.1 Å². The van der Waals surface area contributed by atoms with Gasteiger partial charge in [0.05, 0.1) is 5.69 Å². The molecule has 0 saturated heterocycles. The highest BCUT2D eigenvalue weighted by Gasteiger charge is 2.39. The number of rotatable bonds is 12. The lowest BCUT2D eigenvalue weighted by Gasteiger charge is -2.45. The van der Waals surface area contributed by atoms with Crippen molar-refractivity contribution in [3.8, 4) is 0 Å². The Morgan fingerprint density at radius 1 is 1.15 bits per heavy atom. The molecule has 5 rings (SSSR count). The summed E-state index contributed by atoms with van der Waals surface area (Å²) < 4.78 is 2.84. The number of carbonyl (C=O) groups excluding carboxylic acids is 5. The molecule has 5 atom stereocenters. The second-order valence-electron chi connectivity index (χ2n) is 12.3. The molecule has 2 saturated carbocycles. The average Bonchev–Trinajstić information content (AvgIpc) is 3.61. The van der Waals surface area contributed by atoms with Gasteiger partial charge in [0.25, 0.3) is 17.4 Å². The van der Waals surface area contributed by atoms with E-state index in [4.69, 9.17) is 0 Å². The van der Waals surface area contributed by atoms with E-state index >= 15 is 0 Å². The number of aryl methyl sites for hydroxylation is 1. The zero-order valence-electron chi connectivity index (χ0n) is 26.3. The fourth-order valence-corrected chi connectivity index (χ4v) is 7.80. The second kappa shape index (κ2) is 14.4. The molecule has 3 aromatic rings. The van der Waals surface area contributed by atoms with Gasteiger partial charge >= 0.3 is 0 Å². The molecule has 3 aromatic heterocycles. The number of aromatic nitrogens is 3. The minimum atomic E-state index is -1.27. The number of nitrogens with zero attached hydrogens (tertiary/aromatic N) is 3. The summed E-state index contributed by atoms with van der Waals surface area (Å²) in [6, 6.07) is 1.79. The van der Waals surface area contributed by atoms with Crippen LogP contribution in [0.15, 0.2) is 34.7 Å². The number of hydrogen-bond donors (Lipinski definition) is 4. The maximum absolute atomic E-state index is 13.5. The summed E-state index contributed by atoms with van der Waals surface area (Å²) in [7, 11) is 1.32. The van der Waals surface area contributed by atoms with Gasteiger partial charge in [-0.25, -0.2) is 4.98 Å². The highest BCUT2D eigenvalue weighted by Crippen LogP contribution is 2.43. The number of Topliss-reactive ketones (excluding diaryl/α,β-unsaturated/α-hetero) is 1. The maximum Gasteiger partial charge on any atom is 0.287 e. The van der Waals surface area contributed by atoms with Gasteiger partial charge < -0.3 is 25.8 Å². The summed E-state index contributed by atoms with van der Waals surface area (Å²) in [4.78, 5) is 82.4. The predicted octanol–water partition coefficient (Wildman–Crippen LogP) is 3.40. The Hall–Kier alpha value is -4.33. The Kier molecular flexibility index (Phi) is 10.3. The Labute approximate surface area is 276 Å². The Balaban J connectivity index is 0.00000312. The lowest BCUT2D eigenvalue weighted by Crippen LogP contribution is -2.51. The number of imidazole rings is 1. The van der Waals surface area contributed by atoms with Crippen molar-refractivity contribution in [1.82, 2.24) is 29.9 Å². The number of amides is 4. The molecule has 0 radical (unpaired) electrons. The minimum absolute atomic E-state index is 0. The second-order valence-corrected chi connectivity index (χ2v) is 13.2. The zero-order valence-corrected chi connectivity index (χ0v) is 27.2. The molecule has 0 spiro atoms. The molecule has 13 nitrogen and oxygen atoms in total. The molecule has 46 heavy (non-hydrogen) atoms. The quantitative estimate of drug-likeness (QED) is 0.216. The lowest BCUT2D eigenvalue weighted by atomic mass is 9.64. The molecule has 4 N–H and O–H groups in total. The minimum Gasteiger partial charge on any atom is -0.353 e. The fourth-order valence-electron chi connectivity index (χ4n) is 7.04. The van der Waals surface area contributed by atoms with Crippen molar-refractivity contribution < 1.29 is 29.7 Å². The summed E-state index contributed by atoms with van der Waals surface area (Å²) in [5.74, 6) is -1.58. The number of pyridine rings is 1. The van der Waals surface area contributed by atoms with E-state index in [1.807, 2.05) is 0 Å². The van der Waals surface area contributed by atoms with Crippen molar-refractivity contribution in [3.63, 3.8) is 0 Å². The highest BCUT2D eigenvalue weighted by atomic mass is 32.1. The van der Waals surface area contributed by atoms with E-state index < -0.39 is 35.1 Å². The van der Waals surface area contributed by atoms with Gasteiger partial charge in [-0.3, -0.25) is 33.2 Å². The van der Waals surface area contributed by atoms with E-state index in [0.29, 0.717) is 22.5 Å². The first-order valence-electron chi connectivity index (χ1n) is 15.9. The van der Waals surface area contributed by atoms with Crippen molar-refractivity contribution >= 4 is 51.4 Å². The molecule has 4 amide bonds. The van der Waals surface area contributed by atoms with Crippen LogP contribution in [0.4, 0.5) is 5.69 Å². The third-order valence-electron chi connectivity index (χ3n) is 9.33. The number of fused-ring (bicyclic) bond motifs is 3. The fraction of sp³-hybridized carbons (Fsp3) is 0.531. The van der Waals surface area contributed by atoms with Crippen molar-refractivity contribution in [1.29, 1.82) is 0 Å². The van der Waals surface area contributed by atoms with Gasteiger partial charge in [0.2, 0.25) is 17.6 Å². The zero-order chi connectivity index (χ0) is 33.0. The molecule has 254 valence electrons. The van der Waals surface area contributed by atoms with Crippen LogP contribution in [0.3, 0.4) is 0 Å². The standard InChI is InChI=1S/C32H41N7O6S.4H2/c1-4-20-15-19-7-5-8-21(16-19)26(20)37-25(41)17-38-12-6-9-23(31(38)45)36-28(42)22(10-11-24(40)29(43)33-3)35-30(44)27-18(2)34-32-39(27)13-14-46-32;;;;/h6,9,12-14,19-22,26H,4-5,7-8,10-11,15-17H2,1-3H3,(H,33,43)(H,35,44)(H,36,42)(H,37,41);4*1H/t19?,20?,21?,22-,26?;;;;/m0..../s1. The molecule has 3 heterocycles.